The molecule has 0 fully saturated rings. The van der Waals surface area contributed by atoms with E-state index in [1.165, 1.54) is 0 Å². The van der Waals surface area contributed by atoms with E-state index in [0.717, 1.165) is 0 Å². The van der Waals surface area contributed by atoms with Gasteiger partial charge < -0.3 is 15.9 Å². The normalized spacial score (nSPS) is 17.1. The second-order valence-corrected chi connectivity index (χ2v) is 3.73. The molecular weight excluding hydrogens is 235 g/mol. The van der Waals surface area contributed by atoms with E-state index in [1.54, 1.807) is 0 Å². The first kappa shape index (κ1) is 13.4. The number of rotatable bonds is 6. The van der Waals surface area contributed by atoms with Crippen LogP contribution in [0.15, 0.2) is 0 Å². The Bertz CT molecular complexity index is 236. The molecule has 2 atom stereocenters. The molecule has 0 heterocycles. The van der Waals surface area contributed by atoms with Crippen molar-refractivity contribution in [1.29, 1.82) is 0 Å². The highest BCUT2D eigenvalue weighted by molar-refractivity contribution is 6.32. The van der Waals surface area contributed by atoms with Crippen LogP contribution in [0.2, 0.25) is 0 Å². The lowest BCUT2D eigenvalue weighted by Gasteiger charge is -2.28. The van der Waals surface area contributed by atoms with Crippen LogP contribution in [-0.4, -0.2) is 39.2 Å². The minimum Gasteiger partial charge on any atom is -0.481 e. The lowest BCUT2D eigenvalue weighted by Crippen LogP contribution is -2.54. The lowest BCUT2D eigenvalue weighted by molar-refractivity contribution is -0.139. The molecule has 6 nitrogen and oxygen atoms in total. The molecule has 82 valence electrons. The van der Waals surface area contributed by atoms with Crippen LogP contribution < -0.4 is 11.1 Å². The Morgan fingerprint density at radius 2 is 1.93 bits per heavy atom. The van der Waals surface area contributed by atoms with Crippen molar-refractivity contribution in [2.75, 3.05) is 6.54 Å². The van der Waals surface area contributed by atoms with Crippen molar-refractivity contribution in [3.8, 4) is 0 Å². The number of hydrogen-bond donors (Lipinski definition) is 4. The van der Waals surface area contributed by atoms with Crippen LogP contribution in [0.25, 0.3) is 0 Å². The summed E-state index contributed by atoms with van der Waals surface area (Å²) in [7, 11) is 0. The van der Waals surface area contributed by atoms with Gasteiger partial charge in [-0.3, -0.25) is 14.9 Å². The second-order valence-electron chi connectivity index (χ2n) is 2.58. The Hall–Kier alpha value is -0.560. The molecule has 0 amide bonds. The summed E-state index contributed by atoms with van der Waals surface area (Å²) >= 11 is 11.1. The summed E-state index contributed by atoms with van der Waals surface area (Å²) < 4.78 is 0. The SMILES string of the molecule is NC(Cl)C(Cl)(CC(=O)O)NCC(=O)O. The predicted octanol–water partition coefficient (Wildman–Crippen LogP) is -0.406. The third kappa shape index (κ3) is 4.61. The standard InChI is InChI=1S/C6H10Cl2N2O4/c7-5(9)6(8,1-3(11)12)10-2-4(13)14/h5,10H,1-2,9H2,(H,11,12)(H,13,14). The fraction of sp³-hybridized carbons (Fsp3) is 0.667. The topological polar surface area (TPSA) is 113 Å². The van der Waals surface area contributed by atoms with Gasteiger partial charge in [0.1, 0.15) is 10.5 Å². The molecule has 0 aliphatic heterocycles. The smallest absolute Gasteiger partial charge is 0.317 e. The summed E-state index contributed by atoms with van der Waals surface area (Å²) in [4.78, 5) is 18.9. The minimum atomic E-state index is -1.66. The summed E-state index contributed by atoms with van der Waals surface area (Å²) in [6, 6.07) is 0. The Morgan fingerprint density at radius 1 is 1.43 bits per heavy atom. The molecule has 8 heteroatoms. The summed E-state index contributed by atoms with van der Waals surface area (Å²) in [6.07, 6.45) is -0.577. The predicted molar refractivity (Wildman–Crippen MR) is 50.3 cm³/mol. The van der Waals surface area contributed by atoms with Crippen LogP contribution in [0.1, 0.15) is 6.42 Å². The Kier molecular flexibility index (Phi) is 5.14. The molecule has 0 bridgehead atoms. The first-order valence-corrected chi connectivity index (χ1v) is 4.36. The van der Waals surface area contributed by atoms with Gasteiger partial charge in [-0.1, -0.05) is 11.6 Å². The van der Waals surface area contributed by atoms with Crippen molar-refractivity contribution in [2.24, 2.45) is 5.73 Å². The number of carboxylic acid groups (broad SMARTS) is 2. The number of carbonyl (C=O) groups is 2. The molecule has 0 saturated carbocycles. The molecule has 0 aliphatic rings. The highest BCUT2D eigenvalue weighted by Gasteiger charge is 2.36. The number of nitrogens with two attached hydrogens (primary N) is 1. The maximum Gasteiger partial charge on any atom is 0.317 e. The van der Waals surface area contributed by atoms with Crippen LogP contribution in [0, 0.1) is 0 Å². The van der Waals surface area contributed by atoms with E-state index in [0.29, 0.717) is 0 Å². The molecule has 0 saturated heterocycles. The van der Waals surface area contributed by atoms with Crippen molar-refractivity contribution in [3.63, 3.8) is 0 Å². The quantitative estimate of drug-likeness (QED) is 0.374. The summed E-state index contributed by atoms with van der Waals surface area (Å²) in [5, 5.41) is 19.1. The summed E-state index contributed by atoms with van der Waals surface area (Å²) in [6.45, 7) is -0.517. The second kappa shape index (κ2) is 5.35. The van der Waals surface area contributed by atoms with Gasteiger partial charge in [-0.25, -0.2) is 0 Å². The van der Waals surface area contributed by atoms with Crippen LogP contribution in [-0.2, 0) is 9.59 Å². The van der Waals surface area contributed by atoms with Crippen molar-refractivity contribution in [2.45, 2.75) is 16.9 Å². The number of nitrogens with one attached hydrogen (secondary N) is 1. The van der Waals surface area contributed by atoms with E-state index in [9.17, 15) is 9.59 Å². The number of aliphatic carboxylic acids is 2. The molecule has 5 N–H and O–H groups in total. The fourth-order valence-electron chi connectivity index (χ4n) is 0.700. The van der Waals surface area contributed by atoms with E-state index in [4.69, 9.17) is 39.1 Å². The summed E-state index contributed by atoms with van der Waals surface area (Å²) in [5.74, 6) is -2.41. The highest BCUT2D eigenvalue weighted by atomic mass is 35.5. The van der Waals surface area contributed by atoms with Crippen LogP contribution in [0.4, 0.5) is 0 Å². The van der Waals surface area contributed by atoms with Crippen molar-refractivity contribution >= 4 is 35.1 Å². The highest BCUT2D eigenvalue weighted by Crippen LogP contribution is 2.22. The monoisotopic (exact) mass is 244 g/mol. The fourth-order valence-corrected chi connectivity index (χ4v) is 1.04. The van der Waals surface area contributed by atoms with Crippen molar-refractivity contribution in [3.05, 3.63) is 0 Å². The van der Waals surface area contributed by atoms with E-state index in [-0.39, 0.29) is 0 Å². The van der Waals surface area contributed by atoms with E-state index < -0.39 is 35.4 Å². The molecule has 0 aliphatic carbocycles. The van der Waals surface area contributed by atoms with Crippen molar-refractivity contribution < 1.29 is 19.8 Å². The number of carboxylic acids is 2. The first-order chi connectivity index (χ1) is 6.28. The number of halogens is 2. The molecule has 2 unspecified atom stereocenters. The van der Waals surface area contributed by atoms with Gasteiger partial charge >= 0.3 is 11.9 Å². The number of hydrogen-bond acceptors (Lipinski definition) is 4. The van der Waals surface area contributed by atoms with Crippen LogP contribution >= 0.6 is 23.2 Å². The van der Waals surface area contributed by atoms with Gasteiger partial charge in [0, 0.05) is 0 Å². The van der Waals surface area contributed by atoms with E-state index >= 15 is 0 Å². The Labute approximate surface area is 90.0 Å². The zero-order valence-corrected chi connectivity index (χ0v) is 8.55. The third-order valence-corrected chi connectivity index (χ3v) is 2.37. The average Bonchev–Trinajstić information content (AvgIpc) is 1.99. The van der Waals surface area contributed by atoms with E-state index in [1.807, 2.05) is 0 Å². The third-order valence-electron chi connectivity index (χ3n) is 1.38. The molecule has 0 aromatic heterocycles. The first-order valence-electron chi connectivity index (χ1n) is 3.55. The maximum atomic E-state index is 10.4. The Balaban J connectivity index is 4.39. The van der Waals surface area contributed by atoms with Gasteiger partial charge in [0.2, 0.25) is 0 Å². The van der Waals surface area contributed by atoms with Gasteiger partial charge in [0.25, 0.3) is 0 Å². The molecule has 0 rings (SSSR count). The van der Waals surface area contributed by atoms with Gasteiger partial charge in [-0.05, 0) is 0 Å². The largest absolute Gasteiger partial charge is 0.481 e. The van der Waals surface area contributed by atoms with Gasteiger partial charge in [0.05, 0.1) is 13.0 Å². The molecule has 0 spiro atoms. The molecular formula is C6H10Cl2N2O4. The number of alkyl halides is 2. The van der Waals surface area contributed by atoms with Gasteiger partial charge in [-0.15, -0.1) is 11.6 Å². The van der Waals surface area contributed by atoms with Gasteiger partial charge in [-0.2, -0.15) is 0 Å². The minimum absolute atomic E-state index is 0.517. The zero-order valence-electron chi connectivity index (χ0n) is 7.04. The lowest BCUT2D eigenvalue weighted by atomic mass is 10.2. The van der Waals surface area contributed by atoms with Crippen LogP contribution in [0.3, 0.4) is 0 Å². The van der Waals surface area contributed by atoms with Crippen molar-refractivity contribution in [1.82, 2.24) is 5.32 Å². The summed E-state index contributed by atoms with van der Waals surface area (Å²) in [5.41, 5.74) is 4.01. The molecule has 0 aromatic carbocycles. The van der Waals surface area contributed by atoms with Gasteiger partial charge in [0.15, 0.2) is 0 Å². The molecule has 0 aromatic rings. The maximum absolute atomic E-state index is 10.4. The average molecular weight is 245 g/mol. The Morgan fingerprint density at radius 3 is 2.21 bits per heavy atom. The zero-order chi connectivity index (χ0) is 11.4. The van der Waals surface area contributed by atoms with E-state index in [2.05, 4.69) is 5.32 Å². The molecule has 0 radical (unpaired) electrons. The van der Waals surface area contributed by atoms with Crippen LogP contribution in [0.5, 0.6) is 0 Å². The molecule has 14 heavy (non-hydrogen) atoms.